The molecule has 1 unspecified atom stereocenters. The Labute approximate surface area is 165 Å². The number of fused-ring (bicyclic) bond motifs is 1. The monoisotopic (exact) mass is 376 g/mol. The molecule has 0 fully saturated rings. The molecule has 2 aromatic carbocycles. The first-order valence-electron chi connectivity index (χ1n) is 9.58. The van der Waals surface area contributed by atoms with Gasteiger partial charge in [0, 0.05) is 0 Å². The Kier molecular flexibility index (Phi) is 4.47. The van der Waals surface area contributed by atoms with Crippen molar-refractivity contribution in [2.75, 3.05) is 0 Å². The summed E-state index contributed by atoms with van der Waals surface area (Å²) < 4.78 is 15.1. The SMILES string of the molecule is CC1=Cc2c(cnn2-c2ccc(F)cc2)C[C@@]1(C)CC(C)(O)c1ccccc1. The van der Waals surface area contributed by atoms with E-state index >= 15 is 0 Å². The van der Waals surface area contributed by atoms with Crippen LogP contribution in [0.5, 0.6) is 0 Å². The van der Waals surface area contributed by atoms with E-state index in [-0.39, 0.29) is 11.2 Å². The summed E-state index contributed by atoms with van der Waals surface area (Å²) in [7, 11) is 0. The highest BCUT2D eigenvalue weighted by atomic mass is 19.1. The number of allylic oxidation sites excluding steroid dienone is 1. The van der Waals surface area contributed by atoms with E-state index in [9.17, 15) is 9.50 Å². The first-order valence-corrected chi connectivity index (χ1v) is 9.58. The quantitative estimate of drug-likeness (QED) is 0.673. The normalized spacial score (nSPS) is 21.0. The Morgan fingerprint density at radius 3 is 2.50 bits per heavy atom. The number of aromatic nitrogens is 2. The van der Waals surface area contributed by atoms with Crippen molar-refractivity contribution in [1.29, 1.82) is 0 Å². The molecule has 1 aromatic heterocycles. The van der Waals surface area contributed by atoms with E-state index in [0.29, 0.717) is 6.42 Å². The number of aliphatic hydroxyl groups is 1. The van der Waals surface area contributed by atoms with Crippen LogP contribution in [0.2, 0.25) is 0 Å². The average molecular weight is 376 g/mol. The maximum absolute atomic E-state index is 13.3. The standard InChI is InChI=1S/C24H25FN2O/c1-17-13-22-18(15-26-27(22)21-11-9-20(25)10-12-21)14-23(17,2)16-24(3,28)19-7-5-4-6-8-19/h4-13,15,28H,14,16H2,1-3H3/t23-,24?/m0/s1. The van der Waals surface area contributed by atoms with Crippen molar-refractivity contribution >= 4 is 6.08 Å². The number of hydrogen-bond acceptors (Lipinski definition) is 2. The van der Waals surface area contributed by atoms with Gasteiger partial charge in [0.25, 0.3) is 0 Å². The largest absolute Gasteiger partial charge is 0.385 e. The van der Waals surface area contributed by atoms with Gasteiger partial charge in [0.15, 0.2) is 0 Å². The van der Waals surface area contributed by atoms with Gasteiger partial charge in [0.2, 0.25) is 0 Å². The average Bonchev–Trinajstić information content (AvgIpc) is 3.05. The van der Waals surface area contributed by atoms with Crippen LogP contribution in [0, 0.1) is 11.2 Å². The fourth-order valence-electron chi connectivity index (χ4n) is 4.27. The van der Waals surface area contributed by atoms with Crippen LogP contribution in [-0.4, -0.2) is 14.9 Å². The summed E-state index contributed by atoms with van der Waals surface area (Å²) in [5.41, 5.74) is 4.05. The first-order chi connectivity index (χ1) is 13.3. The second-order valence-corrected chi connectivity index (χ2v) is 8.32. The van der Waals surface area contributed by atoms with Crippen molar-refractivity contribution in [3.63, 3.8) is 0 Å². The fraction of sp³-hybridized carbons (Fsp3) is 0.292. The van der Waals surface area contributed by atoms with Crippen LogP contribution in [0.15, 0.2) is 66.4 Å². The Morgan fingerprint density at radius 2 is 1.82 bits per heavy atom. The molecular weight excluding hydrogens is 351 g/mol. The van der Waals surface area contributed by atoms with Gasteiger partial charge in [-0.25, -0.2) is 9.07 Å². The van der Waals surface area contributed by atoms with Crippen LogP contribution in [0.3, 0.4) is 0 Å². The molecule has 1 N–H and O–H groups in total. The number of halogens is 1. The van der Waals surface area contributed by atoms with E-state index in [4.69, 9.17) is 0 Å². The summed E-state index contributed by atoms with van der Waals surface area (Å²) in [5, 5.41) is 15.7. The van der Waals surface area contributed by atoms with Gasteiger partial charge in [-0.05, 0) is 73.6 Å². The van der Waals surface area contributed by atoms with E-state index in [1.165, 1.54) is 17.7 Å². The van der Waals surface area contributed by atoms with Gasteiger partial charge in [0.1, 0.15) is 5.82 Å². The smallest absolute Gasteiger partial charge is 0.123 e. The molecule has 1 aliphatic carbocycles. The van der Waals surface area contributed by atoms with Crippen LogP contribution >= 0.6 is 0 Å². The maximum atomic E-state index is 13.3. The molecule has 0 saturated carbocycles. The zero-order valence-corrected chi connectivity index (χ0v) is 16.5. The molecule has 4 rings (SSSR count). The first kappa shape index (κ1) is 18.6. The Morgan fingerprint density at radius 1 is 1.14 bits per heavy atom. The third-order valence-corrected chi connectivity index (χ3v) is 5.97. The second-order valence-electron chi connectivity index (χ2n) is 8.32. The van der Waals surface area contributed by atoms with Gasteiger partial charge in [-0.3, -0.25) is 0 Å². The van der Waals surface area contributed by atoms with Crippen LogP contribution in [0.4, 0.5) is 4.39 Å². The van der Waals surface area contributed by atoms with Crippen molar-refractivity contribution in [3.8, 4) is 5.69 Å². The molecule has 144 valence electrons. The van der Waals surface area contributed by atoms with Gasteiger partial charge in [0.05, 0.1) is 23.2 Å². The van der Waals surface area contributed by atoms with Crippen LogP contribution in [0.25, 0.3) is 11.8 Å². The summed E-state index contributed by atoms with van der Waals surface area (Å²) in [6.07, 6.45) is 5.45. The highest BCUT2D eigenvalue weighted by Crippen LogP contribution is 2.46. The third kappa shape index (κ3) is 3.29. The topological polar surface area (TPSA) is 38.0 Å². The number of rotatable bonds is 4. The van der Waals surface area contributed by atoms with Crippen molar-refractivity contribution < 1.29 is 9.50 Å². The molecule has 0 spiro atoms. The maximum Gasteiger partial charge on any atom is 0.123 e. The zero-order valence-electron chi connectivity index (χ0n) is 16.5. The fourth-order valence-corrected chi connectivity index (χ4v) is 4.27. The van der Waals surface area contributed by atoms with E-state index in [2.05, 4.69) is 25.0 Å². The number of benzene rings is 2. The highest BCUT2D eigenvalue weighted by molar-refractivity contribution is 5.60. The summed E-state index contributed by atoms with van der Waals surface area (Å²) in [4.78, 5) is 0. The minimum atomic E-state index is -0.921. The summed E-state index contributed by atoms with van der Waals surface area (Å²) >= 11 is 0. The molecule has 0 bridgehead atoms. The Hall–Kier alpha value is -2.72. The molecular formula is C24H25FN2O. The molecule has 2 atom stereocenters. The molecule has 4 heteroatoms. The number of hydrogen-bond donors (Lipinski definition) is 1. The minimum Gasteiger partial charge on any atom is -0.385 e. The molecule has 0 saturated heterocycles. The van der Waals surface area contributed by atoms with Crippen LogP contribution < -0.4 is 0 Å². The molecule has 0 radical (unpaired) electrons. The van der Waals surface area contributed by atoms with E-state index in [0.717, 1.165) is 28.9 Å². The molecule has 3 nitrogen and oxygen atoms in total. The van der Waals surface area contributed by atoms with Gasteiger partial charge < -0.3 is 5.11 Å². The third-order valence-electron chi connectivity index (χ3n) is 5.97. The predicted octanol–water partition coefficient (Wildman–Crippen LogP) is 5.27. The van der Waals surface area contributed by atoms with Crippen molar-refractivity contribution in [2.24, 2.45) is 5.41 Å². The van der Waals surface area contributed by atoms with E-state index in [1.54, 1.807) is 12.1 Å². The van der Waals surface area contributed by atoms with Gasteiger partial charge in [-0.15, -0.1) is 0 Å². The molecule has 0 amide bonds. The van der Waals surface area contributed by atoms with Gasteiger partial charge >= 0.3 is 0 Å². The molecule has 1 aliphatic rings. The van der Waals surface area contributed by atoms with Crippen molar-refractivity contribution in [1.82, 2.24) is 9.78 Å². The molecule has 3 aromatic rings. The molecule has 0 aliphatic heterocycles. The Balaban J connectivity index is 1.66. The lowest BCUT2D eigenvalue weighted by Crippen LogP contribution is -2.34. The minimum absolute atomic E-state index is 0.178. The lowest BCUT2D eigenvalue weighted by molar-refractivity contribution is 0.0148. The van der Waals surface area contributed by atoms with Gasteiger partial charge in [-0.2, -0.15) is 5.10 Å². The van der Waals surface area contributed by atoms with Crippen molar-refractivity contribution in [2.45, 2.75) is 39.2 Å². The van der Waals surface area contributed by atoms with Crippen LogP contribution in [0.1, 0.15) is 44.0 Å². The summed E-state index contributed by atoms with van der Waals surface area (Å²) in [5.74, 6) is -0.257. The highest BCUT2D eigenvalue weighted by Gasteiger charge is 2.39. The Bertz CT molecular complexity index is 1020. The number of nitrogens with zero attached hydrogens (tertiary/aromatic N) is 2. The second kappa shape index (κ2) is 6.71. The van der Waals surface area contributed by atoms with Crippen LogP contribution in [-0.2, 0) is 12.0 Å². The summed E-state index contributed by atoms with van der Waals surface area (Å²) in [6, 6.07) is 16.2. The van der Waals surface area contributed by atoms with E-state index in [1.807, 2.05) is 48.1 Å². The zero-order chi connectivity index (χ0) is 19.9. The predicted molar refractivity (Wildman–Crippen MR) is 110 cm³/mol. The molecule has 1 heterocycles. The van der Waals surface area contributed by atoms with Gasteiger partial charge in [-0.1, -0.05) is 42.8 Å². The van der Waals surface area contributed by atoms with Crippen molar-refractivity contribution in [3.05, 3.63) is 89.0 Å². The molecule has 28 heavy (non-hydrogen) atoms. The lowest BCUT2D eigenvalue weighted by Gasteiger charge is -2.40. The van der Waals surface area contributed by atoms with E-state index < -0.39 is 5.60 Å². The lowest BCUT2D eigenvalue weighted by atomic mass is 9.67. The summed E-state index contributed by atoms with van der Waals surface area (Å²) in [6.45, 7) is 6.21.